The van der Waals surface area contributed by atoms with Crippen LogP contribution in [0.2, 0.25) is 0 Å². The fraction of sp³-hybridized carbons (Fsp3) is 0.0588. The number of nitrogens with zero attached hydrogens (tertiary/aromatic N) is 2. The number of thiocarbonyl (C=S) groups is 1. The molecule has 0 saturated carbocycles. The molecule has 2 aromatic rings. The molecule has 1 aromatic heterocycles. The van der Waals surface area contributed by atoms with Crippen molar-refractivity contribution in [3.8, 4) is 0 Å². The molecule has 0 unspecified atom stereocenters. The van der Waals surface area contributed by atoms with Gasteiger partial charge in [-0.2, -0.15) is 5.01 Å². The molecule has 7 heteroatoms. The largest absolute Gasteiger partial charge is 0.285 e. The van der Waals surface area contributed by atoms with Crippen LogP contribution in [0.3, 0.4) is 0 Å². The van der Waals surface area contributed by atoms with E-state index in [4.69, 9.17) is 12.2 Å². The maximum Gasteiger partial charge on any atom is 0.285 e. The third-order valence-corrected chi connectivity index (χ3v) is 4.51. The molecule has 1 aliphatic rings. The number of thioether (sulfide) groups is 1. The van der Waals surface area contributed by atoms with Crippen LogP contribution in [0.4, 0.5) is 0 Å². The van der Waals surface area contributed by atoms with E-state index < -0.39 is 0 Å². The number of nitrogens with one attached hydrogen (secondary N) is 1. The lowest BCUT2D eigenvalue weighted by atomic mass is 10.1. The lowest BCUT2D eigenvalue weighted by Crippen LogP contribution is -2.45. The lowest BCUT2D eigenvalue weighted by molar-refractivity contribution is -0.132. The van der Waals surface area contributed by atoms with Crippen molar-refractivity contribution in [2.24, 2.45) is 0 Å². The first-order chi connectivity index (χ1) is 11.6. The standard InChI is InChI=1S/C17H13N3O2S2/c21-15(10-12-6-2-1-3-7-12)19-20-16(22)14(24-17(20)23)11-13-8-4-5-9-18-13/h1-9,11H,10H2,(H,19,21)/b14-11-. The third-order valence-electron chi connectivity index (χ3n) is 3.20. The van der Waals surface area contributed by atoms with Crippen molar-refractivity contribution in [1.29, 1.82) is 0 Å². The SMILES string of the molecule is O=C(Cc1ccccc1)NN1C(=O)/C(=C/c2ccccn2)SC1=S. The summed E-state index contributed by atoms with van der Waals surface area (Å²) >= 11 is 6.33. The highest BCUT2D eigenvalue weighted by Crippen LogP contribution is 2.30. The van der Waals surface area contributed by atoms with Gasteiger partial charge in [-0.3, -0.25) is 20.0 Å². The first-order valence-corrected chi connectivity index (χ1v) is 8.38. The van der Waals surface area contributed by atoms with Crippen LogP contribution in [-0.2, 0) is 16.0 Å². The van der Waals surface area contributed by atoms with Crippen LogP contribution in [0.15, 0.2) is 59.6 Å². The Kier molecular flexibility index (Phi) is 5.02. The topological polar surface area (TPSA) is 62.3 Å². The number of carbonyl (C=O) groups excluding carboxylic acids is 2. The summed E-state index contributed by atoms with van der Waals surface area (Å²) < 4.78 is 0.295. The van der Waals surface area contributed by atoms with Crippen molar-refractivity contribution in [3.63, 3.8) is 0 Å². The Morgan fingerprint density at radius 3 is 2.67 bits per heavy atom. The Morgan fingerprint density at radius 2 is 1.96 bits per heavy atom. The number of hydrogen-bond donors (Lipinski definition) is 1. The van der Waals surface area contributed by atoms with E-state index >= 15 is 0 Å². The number of carbonyl (C=O) groups is 2. The van der Waals surface area contributed by atoms with Crippen LogP contribution in [0.5, 0.6) is 0 Å². The van der Waals surface area contributed by atoms with Gasteiger partial charge in [0.25, 0.3) is 5.91 Å². The van der Waals surface area contributed by atoms with Crippen molar-refractivity contribution >= 4 is 46.2 Å². The van der Waals surface area contributed by atoms with Gasteiger partial charge in [0.05, 0.1) is 17.0 Å². The van der Waals surface area contributed by atoms with Crippen LogP contribution in [-0.4, -0.2) is 26.1 Å². The predicted molar refractivity (Wildman–Crippen MR) is 97.5 cm³/mol. The quantitative estimate of drug-likeness (QED) is 0.675. The van der Waals surface area contributed by atoms with Gasteiger partial charge in [0.2, 0.25) is 5.91 Å². The molecule has 120 valence electrons. The van der Waals surface area contributed by atoms with E-state index in [0.29, 0.717) is 14.9 Å². The number of pyridine rings is 1. The molecule has 5 nitrogen and oxygen atoms in total. The van der Waals surface area contributed by atoms with Crippen LogP contribution in [0, 0.1) is 0 Å². The van der Waals surface area contributed by atoms with Gasteiger partial charge in [0.15, 0.2) is 4.32 Å². The highest BCUT2D eigenvalue weighted by molar-refractivity contribution is 8.26. The summed E-state index contributed by atoms with van der Waals surface area (Å²) in [5.74, 6) is -0.645. The molecule has 1 aliphatic heterocycles. The van der Waals surface area contributed by atoms with Crippen LogP contribution in [0.25, 0.3) is 6.08 Å². The van der Waals surface area contributed by atoms with E-state index in [1.807, 2.05) is 36.4 Å². The average molecular weight is 355 g/mol. The molecule has 2 heterocycles. The Balaban J connectivity index is 1.68. The van der Waals surface area contributed by atoms with E-state index in [0.717, 1.165) is 22.3 Å². The smallest absolute Gasteiger partial charge is 0.273 e. The summed E-state index contributed by atoms with van der Waals surface area (Å²) in [5.41, 5.74) is 4.09. The van der Waals surface area contributed by atoms with E-state index in [1.165, 1.54) is 0 Å². The van der Waals surface area contributed by atoms with Gasteiger partial charge >= 0.3 is 0 Å². The zero-order chi connectivity index (χ0) is 16.9. The monoisotopic (exact) mass is 355 g/mol. The van der Waals surface area contributed by atoms with Gasteiger partial charge in [-0.25, -0.2) is 0 Å². The summed E-state index contributed by atoms with van der Waals surface area (Å²) in [6, 6.07) is 14.7. The Hall–Kier alpha value is -2.51. The molecule has 1 N–H and O–H groups in total. The van der Waals surface area contributed by atoms with Crippen molar-refractivity contribution < 1.29 is 9.59 Å². The molecular formula is C17H13N3O2S2. The van der Waals surface area contributed by atoms with Crippen molar-refractivity contribution in [2.75, 3.05) is 0 Å². The van der Waals surface area contributed by atoms with Gasteiger partial charge in [-0.1, -0.05) is 48.2 Å². The molecule has 0 bridgehead atoms. The maximum atomic E-state index is 12.4. The number of benzene rings is 1. The first-order valence-electron chi connectivity index (χ1n) is 7.16. The highest BCUT2D eigenvalue weighted by Gasteiger charge is 2.33. The number of rotatable bonds is 4. The fourth-order valence-electron chi connectivity index (χ4n) is 2.11. The van der Waals surface area contributed by atoms with Gasteiger partial charge in [0.1, 0.15) is 0 Å². The molecule has 1 saturated heterocycles. The molecule has 0 radical (unpaired) electrons. The minimum absolute atomic E-state index is 0.178. The molecule has 24 heavy (non-hydrogen) atoms. The average Bonchev–Trinajstić information content (AvgIpc) is 2.84. The Labute approximate surface area is 148 Å². The fourth-order valence-corrected chi connectivity index (χ4v) is 3.27. The third kappa shape index (κ3) is 3.87. The molecule has 0 atom stereocenters. The Morgan fingerprint density at radius 1 is 1.21 bits per heavy atom. The van der Waals surface area contributed by atoms with E-state index in [-0.39, 0.29) is 18.2 Å². The minimum atomic E-state index is -0.350. The van der Waals surface area contributed by atoms with Gasteiger partial charge in [-0.05, 0) is 36.0 Å². The summed E-state index contributed by atoms with van der Waals surface area (Å²) in [4.78, 5) is 29.1. The van der Waals surface area contributed by atoms with Crippen LogP contribution >= 0.6 is 24.0 Å². The van der Waals surface area contributed by atoms with Crippen LogP contribution < -0.4 is 5.43 Å². The maximum absolute atomic E-state index is 12.4. The molecule has 3 rings (SSSR count). The summed E-state index contributed by atoms with van der Waals surface area (Å²) in [6.45, 7) is 0. The molecule has 1 aromatic carbocycles. The molecule has 0 aliphatic carbocycles. The van der Waals surface area contributed by atoms with Crippen molar-refractivity contribution in [3.05, 3.63) is 70.9 Å². The minimum Gasteiger partial charge on any atom is -0.273 e. The molecule has 0 spiro atoms. The Bertz CT molecular complexity index is 807. The van der Waals surface area contributed by atoms with Crippen molar-refractivity contribution in [2.45, 2.75) is 6.42 Å². The molecular weight excluding hydrogens is 342 g/mol. The van der Waals surface area contributed by atoms with E-state index in [2.05, 4.69) is 10.4 Å². The number of aromatic nitrogens is 1. The zero-order valence-electron chi connectivity index (χ0n) is 12.5. The zero-order valence-corrected chi connectivity index (χ0v) is 14.1. The van der Waals surface area contributed by atoms with E-state index in [9.17, 15) is 9.59 Å². The van der Waals surface area contributed by atoms with Gasteiger partial charge in [-0.15, -0.1) is 0 Å². The second-order valence-electron chi connectivity index (χ2n) is 4.97. The number of amides is 2. The van der Waals surface area contributed by atoms with E-state index in [1.54, 1.807) is 24.4 Å². The second-order valence-corrected chi connectivity index (χ2v) is 6.64. The van der Waals surface area contributed by atoms with Gasteiger partial charge in [0, 0.05) is 6.20 Å². The summed E-state index contributed by atoms with van der Waals surface area (Å²) in [6.07, 6.45) is 3.48. The van der Waals surface area contributed by atoms with Gasteiger partial charge < -0.3 is 0 Å². The number of hydrazine groups is 1. The van der Waals surface area contributed by atoms with Crippen molar-refractivity contribution in [1.82, 2.24) is 15.4 Å². The molecule has 2 amide bonds. The second kappa shape index (κ2) is 7.37. The summed E-state index contributed by atoms with van der Waals surface area (Å²) in [7, 11) is 0. The highest BCUT2D eigenvalue weighted by atomic mass is 32.2. The van der Waals surface area contributed by atoms with Crippen LogP contribution in [0.1, 0.15) is 11.3 Å². The predicted octanol–water partition coefficient (Wildman–Crippen LogP) is 2.56. The molecule has 1 fully saturated rings. The first kappa shape index (κ1) is 16.4. The summed E-state index contributed by atoms with van der Waals surface area (Å²) in [5, 5.41) is 1.11. The lowest BCUT2D eigenvalue weighted by Gasteiger charge is -2.15. The normalized spacial score (nSPS) is 15.8. The number of hydrogen-bond acceptors (Lipinski definition) is 5.